The van der Waals surface area contributed by atoms with Crippen LogP contribution in [0, 0.1) is 5.82 Å². The third-order valence-corrected chi connectivity index (χ3v) is 2.12. The summed E-state index contributed by atoms with van der Waals surface area (Å²) in [7, 11) is 1.76. The van der Waals surface area contributed by atoms with Crippen molar-refractivity contribution in [3.63, 3.8) is 0 Å². The molecule has 0 aliphatic carbocycles. The molecule has 2 N–H and O–H groups in total. The van der Waals surface area contributed by atoms with Crippen LogP contribution in [0.4, 0.5) is 4.39 Å². The minimum atomic E-state index is -0.428. The Morgan fingerprint density at radius 1 is 1.47 bits per heavy atom. The average molecular weight is 234 g/mol. The van der Waals surface area contributed by atoms with E-state index in [1.807, 2.05) is 0 Å². The molecular formula is C11H11FN4O. The SMILES string of the molecule is CNCc1cc(=O)[nH]c(-c2ccc(F)cn2)n1. The van der Waals surface area contributed by atoms with Crippen LogP contribution in [0.3, 0.4) is 0 Å². The largest absolute Gasteiger partial charge is 0.314 e. The van der Waals surface area contributed by atoms with Crippen molar-refractivity contribution < 1.29 is 4.39 Å². The van der Waals surface area contributed by atoms with Gasteiger partial charge in [-0.1, -0.05) is 0 Å². The molecule has 0 saturated heterocycles. The number of aromatic amines is 1. The van der Waals surface area contributed by atoms with E-state index in [2.05, 4.69) is 20.3 Å². The second kappa shape index (κ2) is 4.84. The third kappa shape index (κ3) is 2.73. The van der Waals surface area contributed by atoms with Crippen LogP contribution in [0.15, 0.2) is 29.2 Å². The summed E-state index contributed by atoms with van der Waals surface area (Å²) in [4.78, 5) is 22.0. The van der Waals surface area contributed by atoms with E-state index in [4.69, 9.17) is 0 Å². The molecule has 88 valence electrons. The van der Waals surface area contributed by atoms with Crippen LogP contribution in [-0.4, -0.2) is 22.0 Å². The van der Waals surface area contributed by atoms with Gasteiger partial charge in [0, 0.05) is 12.6 Å². The lowest BCUT2D eigenvalue weighted by atomic mass is 10.3. The Kier molecular flexibility index (Phi) is 3.24. The number of hydrogen-bond acceptors (Lipinski definition) is 4. The zero-order valence-corrected chi connectivity index (χ0v) is 9.20. The van der Waals surface area contributed by atoms with Crippen LogP contribution >= 0.6 is 0 Å². The van der Waals surface area contributed by atoms with Gasteiger partial charge in [-0.05, 0) is 19.2 Å². The molecule has 6 heteroatoms. The molecule has 0 amide bonds. The number of aromatic nitrogens is 3. The standard InChI is InChI=1S/C11H11FN4O/c1-13-6-8-4-10(17)16-11(15-8)9-3-2-7(12)5-14-9/h2-5,13H,6H2,1H3,(H,15,16,17). The monoisotopic (exact) mass is 234 g/mol. The van der Waals surface area contributed by atoms with Gasteiger partial charge in [-0.3, -0.25) is 4.79 Å². The Labute approximate surface area is 96.8 Å². The summed E-state index contributed by atoms with van der Waals surface area (Å²) < 4.78 is 12.7. The van der Waals surface area contributed by atoms with Crippen molar-refractivity contribution in [1.82, 2.24) is 20.3 Å². The average Bonchev–Trinajstić information content (AvgIpc) is 2.29. The molecule has 17 heavy (non-hydrogen) atoms. The highest BCUT2D eigenvalue weighted by atomic mass is 19.1. The molecule has 0 bridgehead atoms. The van der Waals surface area contributed by atoms with E-state index in [0.29, 0.717) is 23.8 Å². The molecule has 0 aromatic carbocycles. The first-order valence-corrected chi connectivity index (χ1v) is 5.06. The van der Waals surface area contributed by atoms with Crippen LogP contribution in [0.2, 0.25) is 0 Å². The first-order valence-electron chi connectivity index (χ1n) is 5.06. The van der Waals surface area contributed by atoms with Crippen LogP contribution in [0.5, 0.6) is 0 Å². The first kappa shape index (κ1) is 11.4. The maximum atomic E-state index is 12.7. The van der Waals surface area contributed by atoms with Crippen molar-refractivity contribution >= 4 is 0 Å². The fraction of sp³-hybridized carbons (Fsp3) is 0.182. The van der Waals surface area contributed by atoms with Gasteiger partial charge in [-0.2, -0.15) is 0 Å². The van der Waals surface area contributed by atoms with Crippen LogP contribution in [-0.2, 0) is 6.54 Å². The molecule has 2 aromatic rings. The maximum absolute atomic E-state index is 12.7. The van der Waals surface area contributed by atoms with Crippen molar-refractivity contribution in [2.24, 2.45) is 0 Å². The van der Waals surface area contributed by atoms with Crippen molar-refractivity contribution in [3.05, 3.63) is 46.3 Å². The minimum absolute atomic E-state index is 0.258. The Balaban J connectivity index is 2.44. The van der Waals surface area contributed by atoms with Gasteiger partial charge in [0.1, 0.15) is 11.5 Å². The molecule has 2 aromatic heterocycles. The second-order valence-corrected chi connectivity index (χ2v) is 3.48. The normalized spacial score (nSPS) is 10.5. The van der Waals surface area contributed by atoms with Crippen molar-refractivity contribution in [2.45, 2.75) is 6.54 Å². The van der Waals surface area contributed by atoms with E-state index in [9.17, 15) is 9.18 Å². The second-order valence-electron chi connectivity index (χ2n) is 3.48. The predicted octanol–water partition coefficient (Wildman–Crippen LogP) is 0.690. The smallest absolute Gasteiger partial charge is 0.251 e. The molecule has 2 rings (SSSR count). The van der Waals surface area contributed by atoms with E-state index in [1.165, 1.54) is 18.2 Å². The molecule has 0 aliphatic heterocycles. The highest BCUT2D eigenvalue weighted by molar-refractivity contribution is 5.48. The number of nitrogens with one attached hydrogen (secondary N) is 2. The van der Waals surface area contributed by atoms with Gasteiger partial charge in [0.05, 0.1) is 11.9 Å². The Morgan fingerprint density at radius 2 is 2.29 bits per heavy atom. The Morgan fingerprint density at radius 3 is 2.94 bits per heavy atom. The topological polar surface area (TPSA) is 70.7 Å². The molecule has 0 radical (unpaired) electrons. The molecule has 0 saturated carbocycles. The Bertz CT molecular complexity index is 564. The van der Waals surface area contributed by atoms with Gasteiger partial charge in [0.2, 0.25) is 0 Å². The van der Waals surface area contributed by atoms with Crippen molar-refractivity contribution in [2.75, 3.05) is 7.05 Å². The van der Waals surface area contributed by atoms with E-state index in [1.54, 1.807) is 7.05 Å². The van der Waals surface area contributed by atoms with Gasteiger partial charge in [0.15, 0.2) is 5.82 Å². The highest BCUT2D eigenvalue weighted by Crippen LogP contribution is 2.10. The fourth-order valence-electron chi connectivity index (χ4n) is 1.42. The lowest BCUT2D eigenvalue weighted by Crippen LogP contribution is -2.15. The molecule has 0 atom stereocenters. The summed E-state index contributed by atoms with van der Waals surface area (Å²) in [5.41, 5.74) is 0.783. The lowest BCUT2D eigenvalue weighted by molar-refractivity contribution is 0.621. The van der Waals surface area contributed by atoms with Gasteiger partial charge in [-0.25, -0.2) is 14.4 Å². The molecule has 0 unspecified atom stereocenters. The number of pyridine rings is 1. The quantitative estimate of drug-likeness (QED) is 0.819. The molecule has 0 spiro atoms. The summed E-state index contributed by atoms with van der Waals surface area (Å²) in [5.74, 6) is -0.0924. The van der Waals surface area contributed by atoms with Gasteiger partial charge >= 0.3 is 0 Å². The number of nitrogens with zero attached hydrogens (tertiary/aromatic N) is 2. The van der Waals surface area contributed by atoms with E-state index in [-0.39, 0.29) is 5.56 Å². The van der Waals surface area contributed by atoms with E-state index < -0.39 is 5.82 Å². The van der Waals surface area contributed by atoms with Crippen LogP contribution in [0.1, 0.15) is 5.69 Å². The van der Waals surface area contributed by atoms with Crippen molar-refractivity contribution in [1.29, 1.82) is 0 Å². The van der Waals surface area contributed by atoms with E-state index >= 15 is 0 Å². The number of hydrogen-bond donors (Lipinski definition) is 2. The van der Waals surface area contributed by atoms with Crippen LogP contribution in [0.25, 0.3) is 11.5 Å². The molecule has 0 aliphatic rings. The fourth-order valence-corrected chi connectivity index (χ4v) is 1.42. The maximum Gasteiger partial charge on any atom is 0.251 e. The van der Waals surface area contributed by atoms with Crippen molar-refractivity contribution in [3.8, 4) is 11.5 Å². The molecule has 2 heterocycles. The minimum Gasteiger partial charge on any atom is -0.314 e. The molecule has 5 nitrogen and oxygen atoms in total. The third-order valence-electron chi connectivity index (χ3n) is 2.12. The summed E-state index contributed by atoms with van der Waals surface area (Å²) in [6, 6.07) is 4.15. The van der Waals surface area contributed by atoms with Crippen LogP contribution < -0.4 is 10.9 Å². The summed E-state index contributed by atoms with van der Waals surface area (Å²) in [6.45, 7) is 0.484. The predicted molar refractivity (Wildman–Crippen MR) is 60.8 cm³/mol. The summed E-state index contributed by atoms with van der Waals surface area (Å²) in [5, 5.41) is 2.90. The Hall–Kier alpha value is -2.08. The molecule has 0 fully saturated rings. The lowest BCUT2D eigenvalue weighted by Gasteiger charge is -2.03. The zero-order chi connectivity index (χ0) is 12.3. The number of H-pyrrole nitrogens is 1. The van der Waals surface area contributed by atoms with E-state index in [0.717, 1.165) is 6.20 Å². The summed E-state index contributed by atoms with van der Waals surface area (Å²) >= 11 is 0. The van der Waals surface area contributed by atoms with Gasteiger partial charge < -0.3 is 10.3 Å². The zero-order valence-electron chi connectivity index (χ0n) is 9.20. The highest BCUT2D eigenvalue weighted by Gasteiger charge is 2.05. The molecular weight excluding hydrogens is 223 g/mol. The number of halogens is 1. The van der Waals surface area contributed by atoms with Gasteiger partial charge in [-0.15, -0.1) is 0 Å². The first-order chi connectivity index (χ1) is 8.19. The number of rotatable bonds is 3. The van der Waals surface area contributed by atoms with Gasteiger partial charge in [0.25, 0.3) is 5.56 Å². The summed E-state index contributed by atoms with van der Waals surface area (Å²) in [6.07, 6.45) is 1.08.